The Kier molecular flexibility index (Phi) is 23.3. The third-order valence-corrected chi connectivity index (χ3v) is 1.98. The van der Waals surface area contributed by atoms with Crippen molar-refractivity contribution < 1.29 is 16.5 Å². The molecule has 0 radical (unpaired) electrons. The normalized spacial score (nSPS) is 8.50. The molecule has 0 atom stereocenters. The average Bonchev–Trinajstić information content (AvgIpc) is 2.06. The molecule has 0 aliphatic carbocycles. The van der Waals surface area contributed by atoms with E-state index in [0.717, 1.165) is 12.8 Å². The van der Waals surface area contributed by atoms with E-state index >= 15 is 0 Å². The van der Waals surface area contributed by atoms with Crippen molar-refractivity contribution in [2.24, 2.45) is 0 Å². The molecule has 0 aromatic rings. The zero-order valence-electron chi connectivity index (χ0n) is 6.88. The summed E-state index contributed by atoms with van der Waals surface area (Å²) in [6.07, 6.45) is 6.17. The van der Waals surface area contributed by atoms with E-state index in [1.165, 1.54) is 11.5 Å². The van der Waals surface area contributed by atoms with E-state index in [9.17, 15) is 0 Å². The van der Waals surface area contributed by atoms with E-state index in [-0.39, 0.29) is 0 Å². The number of hydrogen-bond donors (Lipinski definition) is 0. The number of thioether (sulfide) groups is 1. The molecule has 0 saturated carbocycles. The molecule has 0 bridgehead atoms. The van der Waals surface area contributed by atoms with Crippen molar-refractivity contribution in [3.63, 3.8) is 0 Å². The minimum absolute atomic E-state index is 0.472. The summed E-state index contributed by atoms with van der Waals surface area (Å²) in [5, 5.41) is 0. The molecule has 0 nitrogen and oxygen atoms in total. The fourth-order valence-electron chi connectivity index (χ4n) is 0.435. The SMILES string of the molecule is C=CCCSCCC=C.[Cl][Pt][Cl]. The zero-order valence-corrected chi connectivity index (χ0v) is 11.5. The van der Waals surface area contributed by atoms with Gasteiger partial charge in [-0.25, -0.2) is 0 Å². The molecular formula is C8H14Cl2PtS. The average molecular weight is 408 g/mol. The summed E-state index contributed by atoms with van der Waals surface area (Å²) in [7, 11) is 9.75. The summed E-state index contributed by atoms with van der Waals surface area (Å²) in [4.78, 5) is 0. The topological polar surface area (TPSA) is 0 Å². The Morgan fingerprint density at radius 3 is 1.67 bits per heavy atom. The van der Waals surface area contributed by atoms with Crippen molar-refractivity contribution in [2.45, 2.75) is 12.8 Å². The fourth-order valence-corrected chi connectivity index (χ4v) is 1.31. The van der Waals surface area contributed by atoms with Crippen LogP contribution in [0.1, 0.15) is 12.8 Å². The van der Waals surface area contributed by atoms with Gasteiger partial charge in [-0.05, 0) is 24.3 Å². The Balaban J connectivity index is 0. The van der Waals surface area contributed by atoms with Gasteiger partial charge in [-0.2, -0.15) is 11.8 Å². The summed E-state index contributed by atoms with van der Waals surface area (Å²) in [6, 6.07) is 0. The van der Waals surface area contributed by atoms with Gasteiger partial charge in [0.15, 0.2) is 0 Å². The number of allylic oxidation sites excluding steroid dienone is 2. The van der Waals surface area contributed by atoms with Gasteiger partial charge in [0.05, 0.1) is 0 Å². The number of hydrogen-bond acceptors (Lipinski definition) is 1. The van der Waals surface area contributed by atoms with E-state index in [1.807, 2.05) is 23.9 Å². The third kappa shape index (κ3) is 22.5. The van der Waals surface area contributed by atoms with Gasteiger partial charge < -0.3 is 0 Å². The monoisotopic (exact) mass is 407 g/mol. The maximum atomic E-state index is 4.88. The molecule has 4 heteroatoms. The van der Waals surface area contributed by atoms with Crippen LogP contribution in [0.25, 0.3) is 0 Å². The standard InChI is InChI=1S/C8H14S.2ClH.Pt/c1-3-5-7-9-8-6-4-2;;;/h3-4H,1-2,5-8H2;2*1H;/q;;;+2/p-2. The Morgan fingerprint density at radius 1 is 1.08 bits per heavy atom. The molecule has 0 aromatic carbocycles. The Morgan fingerprint density at radius 2 is 1.42 bits per heavy atom. The first-order chi connectivity index (χ1) is 5.83. The van der Waals surface area contributed by atoms with Crippen molar-refractivity contribution in [3.8, 4) is 0 Å². The summed E-state index contributed by atoms with van der Waals surface area (Å²) in [5.74, 6) is 2.41. The second-order valence-electron chi connectivity index (χ2n) is 1.81. The Hall–Kier alpha value is 1.10. The van der Waals surface area contributed by atoms with Crippen LogP contribution in [0.4, 0.5) is 0 Å². The molecule has 0 aromatic heterocycles. The van der Waals surface area contributed by atoms with Crippen molar-refractivity contribution in [3.05, 3.63) is 25.3 Å². The summed E-state index contributed by atoms with van der Waals surface area (Å²) < 4.78 is 0. The van der Waals surface area contributed by atoms with Crippen molar-refractivity contribution in [1.29, 1.82) is 0 Å². The molecule has 12 heavy (non-hydrogen) atoms. The molecule has 0 saturated heterocycles. The molecule has 0 heterocycles. The predicted molar refractivity (Wildman–Crippen MR) is 58.7 cm³/mol. The van der Waals surface area contributed by atoms with Gasteiger partial charge in [0, 0.05) is 0 Å². The zero-order chi connectivity index (χ0) is 9.66. The molecule has 0 rings (SSSR count). The van der Waals surface area contributed by atoms with E-state index < -0.39 is 16.5 Å². The van der Waals surface area contributed by atoms with Crippen LogP contribution >= 0.6 is 30.6 Å². The molecule has 76 valence electrons. The second-order valence-corrected chi connectivity index (χ2v) is 6.32. The van der Waals surface area contributed by atoms with Crippen molar-refractivity contribution in [2.75, 3.05) is 11.5 Å². The summed E-state index contributed by atoms with van der Waals surface area (Å²) in [5.41, 5.74) is 0. The van der Waals surface area contributed by atoms with Gasteiger partial charge in [-0.15, -0.1) is 13.2 Å². The third-order valence-electron chi connectivity index (χ3n) is 0.933. The summed E-state index contributed by atoms with van der Waals surface area (Å²) >= 11 is 1.49. The van der Waals surface area contributed by atoms with Gasteiger partial charge in [0.1, 0.15) is 0 Å². The summed E-state index contributed by atoms with van der Waals surface area (Å²) in [6.45, 7) is 7.29. The van der Waals surface area contributed by atoms with Gasteiger partial charge in [0.25, 0.3) is 0 Å². The van der Waals surface area contributed by atoms with E-state index in [0.29, 0.717) is 0 Å². The molecule has 0 amide bonds. The molecule has 0 N–H and O–H groups in total. The van der Waals surface area contributed by atoms with Gasteiger partial charge >= 0.3 is 35.3 Å². The second kappa shape index (κ2) is 18.0. The van der Waals surface area contributed by atoms with Crippen LogP contribution in [0.5, 0.6) is 0 Å². The first-order valence-corrected chi connectivity index (χ1v) is 10.2. The van der Waals surface area contributed by atoms with Gasteiger partial charge in [0.2, 0.25) is 0 Å². The Bertz CT molecular complexity index is 89.1. The van der Waals surface area contributed by atoms with Crippen molar-refractivity contribution >= 4 is 30.6 Å². The van der Waals surface area contributed by atoms with E-state index in [2.05, 4.69) is 13.2 Å². The van der Waals surface area contributed by atoms with Crippen LogP contribution < -0.4 is 0 Å². The minimum atomic E-state index is -0.472. The quantitative estimate of drug-likeness (QED) is 0.468. The molecule has 0 spiro atoms. The molecule has 0 unspecified atom stereocenters. The first kappa shape index (κ1) is 15.6. The van der Waals surface area contributed by atoms with Crippen LogP contribution in [0.3, 0.4) is 0 Å². The maximum absolute atomic E-state index is 4.88. The van der Waals surface area contributed by atoms with Crippen LogP contribution in [-0.2, 0) is 16.5 Å². The Labute approximate surface area is 96.2 Å². The van der Waals surface area contributed by atoms with Crippen LogP contribution in [0.2, 0.25) is 0 Å². The molecule has 0 aliphatic heterocycles. The first-order valence-electron chi connectivity index (χ1n) is 3.45. The van der Waals surface area contributed by atoms with E-state index in [1.54, 1.807) is 0 Å². The van der Waals surface area contributed by atoms with Crippen LogP contribution in [0, 0.1) is 0 Å². The van der Waals surface area contributed by atoms with Crippen LogP contribution in [0.15, 0.2) is 25.3 Å². The molecule has 0 fully saturated rings. The van der Waals surface area contributed by atoms with Gasteiger partial charge in [-0.3, -0.25) is 0 Å². The van der Waals surface area contributed by atoms with Gasteiger partial charge in [-0.1, -0.05) is 12.2 Å². The van der Waals surface area contributed by atoms with Crippen molar-refractivity contribution in [1.82, 2.24) is 0 Å². The number of halogens is 2. The molecular weight excluding hydrogens is 394 g/mol. The predicted octanol–water partition coefficient (Wildman–Crippen LogP) is 4.25. The number of rotatable bonds is 6. The van der Waals surface area contributed by atoms with Crippen LogP contribution in [-0.4, -0.2) is 11.5 Å². The fraction of sp³-hybridized carbons (Fsp3) is 0.500. The van der Waals surface area contributed by atoms with E-state index in [4.69, 9.17) is 18.8 Å². The molecule has 0 aliphatic rings.